The van der Waals surface area contributed by atoms with E-state index in [9.17, 15) is 4.79 Å². The maximum absolute atomic E-state index is 12.2. The Morgan fingerprint density at radius 3 is 2.76 bits per heavy atom. The van der Waals surface area contributed by atoms with E-state index in [0.29, 0.717) is 18.9 Å². The molecule has 1 aliphatic rings. The van der Waals surface area contributed by atoms with E-state index in [2.05, 4.69) is 17.1 Å². The molecule has 29 heavy (non-hydrogen) atoms. The highest BCUT2D eigenvalue weighted by atomic mass is 16.6. The van der Waals surface area contributed by atoms with Crippen LogP contribution < -0.4 is 4.74 Å². The Labute approximate surface area is 172 Å². The van der Waals surface area contributed by atoms with Crippen LogP contribution in [0.15, 0.2) is 42.7 Å². The molecule has 1 saturated heterocycles. The Hall–Kier alpha value is -2.60. The number of amides is 1. The average Bonchev–Trinajstić information content (AvgIpc) is 2.64. The predicted molar refractivity (Wildman–Crippen MR) is 112 cm³/mol. The average molecular weight is 399 g/mol. The van der Waals surface area contributed by atoms with Crippen molar-refractivity contribution in [2.24, 2.45) is 0 Å². The van der Waals surface area contributed by atoms with Gasteiger partial charge in [-0.3, -0.25) is 4.98 Å². The van der Waals surface area contributed by atoms with E-state index in [1.54, 1.807) is 11.1 Å². The van der Waals surface area contributed by atoms with Gasteiger partial charge in [-0.1, -0.05) is 24.3 Å². The molecule has 1 fully saturated rings. The highest BCUT2D eigenvalue weighted by Gasteiger charge is 2.35. The number of hydrogen-bond donors (Lipinski definition) is 1. The van der Waals surface area contributed by atoms with Crippen molar-refractivity contribution in [1.29, 1.82) is 0 Å². The molecule has 2 heterocycles. The van der Waals surface area contributed by atoms with Gasteiger partial charge in [0.15, 0.2) is 0 Å². The van der Waals surface area contributed by atoms with Crippen molar-refractivity contribution < 1.29 is 19.4 Å². The molecule has 0 bridgehead atoms. The summed E-state index contributed by atoms with van der Waals surface area (Å²) >= 11 is 0. The largest absolute Gasteiger partial charge is 0.490 e. The molecule has 0 saturated carbocycles. The van der Waals surface area contributed by atoms with Gasteiger partial charge < -0.3 is 19.5 Å². The lowest BCUT2D eigenvalue weighted by Crippen LogP contribution is -2.55. The van der Waals surface area contributed by atoms with Crippen LogP contribution >= 0.6 is 0 Å². The number of aliphatic hydroxyl groups excluding tert-OH is 1. The van der Waals surface area contributed by atoms with Gasteiger partial charge in [0.05, 0.1) is 12.2 Å². The smallest absolute Gasteiger partial charge is 0.410 e. The molecule has 1 aliphatic heterocycles. The number of aliphatic hydroxyl groups is 1. The van der Waals surface area contributed by atoms with Gasteiger partial charge in [-0.15, -0.1) is 0 Å². The number of aryl methyl sites for hydroxylation is 1. The monoisotopic (exact) mass is 398 g/mol. The summed E-state index contributed by atoms with van der Waals surface area (Å²) in [5.74, 6) is 0.676. The first kappa shape index (κ1) is 21.1. The van der Waals surface area contributed by atoms with E-state index in [-0.39, 0.29) is 18.7 Å². The Morgan fingerprint density at radius 1 is 1.28 bits per heavy atom. The molecular weight excluding hydrogens is 368 g/mol. The first-order chi connectivity index (χ1) is 13.9. The standard InChI is InChI=1S/C23H30N2O4/c1-23(2,3)29-22(27)25-11-10-19(25)16-28-20-13-18(14-24-15-20)21-9-5-4-7-17(21)8-6-12-26/h4-5,7,9,13-15,19,26H,6,8,10-12,16H2,1-3H3/t19-/m0/s1. The minimum absolute atomic E-state index is 0.0188. The lowest BCUT2D eigenvalue weighted by molar-refractivity contribution is -0.0141. The summed E-state index contributed by atoms with van der Waals surface area (Å²) in [6, 6.07) is 10.1. The van der Waals surface area contributed by atoms with Crippen molar-refractivity contribution in [3.05, 3.63) is 48.3 Å². The molecule has 1 atom stereocenters. The van der Waals surface area contributed by atoms with Crippen LogP contribution in [0.25, 0.3) is 11.1 Å². The van der Waals surface area contributed by atoms with Crippen molar-refractivity contribution in [2.75, 3.05) is 19.8 Å². The molecule has 0 aliphatic carbocycles. The van der Waals surface area contributed by atoms with Crippen molar-refractivity contribution in [3.8, 4) is 16.9 Å². The zero-order chi connectivity index (χ0) is 20.9. The summed E-state index contributed by atoms with van der Waals surface area (Å²) in [4.78, 5) is 18.3. The number of ether oxygens (including phenoxy) is 2. The summed E-state index contributed by atoms with van der Waals surface area (Å²) in [5, 5.41) is 9.14. The third-order valence-corrected chi connectivity index (χ3v) is 4.86. The van der Waals surface area contributed by atoms with Gasteiger partial charge in [-0.05, 0) is 57.2 Å². The van der Waals surface area contributed by atoms with Crippen LogP contribution in [0.5, 0.6) is 5.75 Å². The molecule has 2 aromatic rings. The first-order valence-corrected chi connectivity index (χ1v) is 10.1. The number of nitrogens with zero attached hydrogens (tertiary/aromatic N) is 2. The third kappa shape index (κ3) is 5.70. The van der Waals surface area contributed by atoms with Gasteiger partial charge in [0.25, 0.3) is 0 Å². The zero-order valence-corrected chi connectivity index (χ0v) is 17.4. The molecule has 1 N–H and O–H groups in total. The maximum atomic E-state index is 12.2. The van der Waals surface area contributed by atoms with E-state index < -0.39 is 5.60 Å². The number of rotatable bonds is 7. The topological polar surface area (TPSA) is 71.9 Å². The van der Waals surface area contributed by atoms with Crippen molar-refractivity contribution in [2.45, 2.75) is 51.7 Å². The molecule has 6 heteroatoms. The molecule has 6 nitrogen and oxygen atoms in total. The lowest BCUT2D eigenvalue weighted by atomic mass is 9.98. The number of likely N-dealkylation sites (tertiary alicyclic amines) is 1. The number of benzene rings is 1. The highest BCUT2D eigenvalue weighted by molar-refractivity contribution is 5.69. The second-order valence-corrected chi connectivity index (χ2v) is 8.32. The van der Waals surface area contributed by atoms with Crippen LogP contribution in [-0.2, 0) is 11.2 Å². The molecule has 0 unspecified atom stereocenters. The van der Waals surface area contributed by atoms with Crippen LogP contribution in [0.1, 0.15) is 39.2 Å². The number of carbonyl (C=O) groups is 1. The Kier molecular flexibility index (Phi) is 6.75. The molecule has 1 aromatic heterocycles. The van der Waals surface area contributed by atoms with E-state index in [1.165, 1.54) is 5.56 Å². The summed E-state index contributed by atoms with van der Waals surface area (Å²) in [6.45, 7) is 6.88. The highest BCUT2D eigenvalue weighted by Crippen LogP contribution is 2.28. The summed E-state index contributed by atoms with van der Waals surface area (Å²) < 4.78 is 11.4. The maximum Gasteiger partial charge on any atom is 0.410 e. The quantitative estimate of drug-likeness (QED) is 0.761. The molecule has 1 amide bonds. The van der Waals surface area contributed by atoms with E-state index in [0.717, 1.165) is 30.4 Å². The number of hydrogen-bond acceptors (Lipinski definition) is 5. The Balaban J connectivity index is 1.63. The van der Waals surface area contributed by atoms with Crippen LogP contribution in [0.2, 0.25) is 0 Å². The van der Waals surface area contributed by atoms with Crippen molar-refractivity contribution in [3.63, 3.8) is 0 Å². The van der Waals surface area contributed by atoms with E-state index in [4.69, 9.17) is 14.6 Å². The molecule has 1 aromatic carbocycles. The summed E-state index contributed by atoms with van der Waals surface area (Å²) in [5.41, 5.74) is 2.75. The zero-order valence-electron chi connectivity index (χ0n) is 17.4. The van der Waals surface area contributed by atoms with Gasteiger partial charge in [0.2, 0.25) is 0 Å². The first-order valence-electron chi connectivity index (χ1n) is 10.1. The van der Waals surface area contributed by atoms with Gasteiger partial charge in [-0.25, -0.2) is 4.79 Å². The second kappa shape index (κ2) is 9.27. The predicted octanol–water partition coefficient (Wildman–Crippen LogP) is 4.06. The Bertz CT molecular complexity index is 832. The number of aromatic nitrogens is 1. The van der Waals surface area contributed by atoms with Gasteiger partial charge in [-0.2, -0.15) is 0 Å². The third-order valence-electron chi connectivity index (χ3n) is 4.86. The van der Waals surface area contributed by atoms with E-state index >= 15 is 0 Å². The minimum Gasteiger partial charge on any atom is -0.490 e. The molecule has 156 valence electrons. The molecule has 0 spiro atoms. The molecular formula is C23H30N2O4. The van der Waals surface area contributed by atoms with Crippen LogP contribution in [0.4, 0.5) is 4.79 Å². The SMILES string of the molecule is CC(C)(C)OC(=O)N1CC[C@H]1COc1cncc(-c2ccccc2CCCO)c1. The van der Waals surface area contributed by atoms with Gasteiger partial charge in [0, 0.05) is 24.9 Å². The summed E-state index contributed by atoms with van der Waals surface area (Å²) in [7, 11) is 0. The molecule has 3 rings (SSSR count). The molecule has 0 radical (unpaired) electrons. The number of pyridine rings is 1. The van der Waals surface area contributed by atoms with Crippen LogP contribution in [0.3, 0.4) is 0 Å². The van der Waals surface area contributed by atoms with Crippen LogP contribution in [-0.4, -0.2) is 52.5 Å². The normalized spacial score (nSPS) is 16.3. The minimum atomic E-state index is -0.500. The second-order valence-electron chi connectivity index (χ2n) is 8.32. The van der Waals surface area contributed by atoms with Crippen molar-refractivity contribution in [1.82, 2.24) is 9.88 Å². The fourth-order valence-electron chi connectivity index (χ4n) is 3.30. The van der Waals surface area contributed by atoms with Crippen molar-refractivity contribution >= 4 is 6.09 Å². The fourth-order valence-corrected chi connectivity index (χ4v) is 3.30. The lowest BCUT2D eigenvalue weighted by Gasteiger charge is -2.40. The fraction of sp³-hybridized carbons (Fsp3) is 0.478. The van der Waals surface area contributed by atoms with Crippen LogP contribution in [0, 0.1) is 0 Å². The van der Waals surface area contributed by atoms with E-state index in [1.807, 2.05) is 45.2 Å². The summed E-state index contributed by atoms with van der Waals surface area (Å²) in [6.07, 6.45) is 5.66. The van der Waals surface area contributed by atoms with Gasteiger partial charge >= 0.3 is 6.09 Å². The number of carbonyl (C=O) groups excluding carboxylic acids is 1. The van der Waals surface area contributed by atoms with Gasteiger partial charge in [0.1, 0.15) is 18.0 Å². The Morgan fingerprint density at radius 2 is 2.07 bits per heavy atom.